The maximum Gasteiger partial charge on any atom is 0.255 e. The summed E-state index contributed by atoms with van der Waals surface area (Å²) in [6, 6.07) is 3.92. The average molecular weight is 435 g/mol. The molecule has 2 atom stereocenters. The predicted molar refractivity (Wildman–Crippen MR) is 108 cm³/mol. The van der Waals surface area contributed by atoms with Crippen molar-refractivity contribution in [1.29, 1.82) is 0 Å². The van der Waals surface area contributed by atoms with Crippen molar-refractivity contribution >= 4 is 17.7 Å². The standard InChI is InChI=1S/C21H27F2N5O3/c22-19(23)16(27-8-6-24-7-9-27)11-25-10-13-2-1-3-14-12-28(21(31)18(13)14)15-4-5-17(29)26-20(15)30/h1-3,15-16,19,24-25H,4-12H2,(H,26,29,30). The molecule has 1 aromatic carbocycles. The molecule has 2 fully saturated rings. The number of imide groups is 1. The van der Waals surface area contributed by atoms with Gasteiger partial charge in [-0.05, 0) is 17.5 Å². The molecule has 10 heteroatoms. The van der Waals surface area contributed by atoms with Crippen LogP contribution in [0.15, 0.2) is 18.2 Å². The van der Waals surface area contributed by atoms with Gasteiger partial charge in [0.2, 0.25) is 11.8 Å². The first-order valence-corrected chi connectivity index (χ1v) is 10.6. The number of carbonyl (C=O) groups is 3. The summed E-state index contributed by atoms with van der Waals surface area (Å²) in [5.74, 6) is -1.03. The molecule has 31 heavy (non-hydrogen) atoms. The number of alkyl halides is 2. The van der Waals surface area contributed by atoms with Crippen molar-refractivity contribution < 1.29 is 23.2 Å². The molecule has 2 saturated heterocycles. The zero-order chi connectivity index (χ0) is 22.0. The van der Waals surface area contributed by atoms with E-state index in [-0.39, 0.29) is 31.3 Å². The first kappa shape index (κ1) is 21.8. The van der Waals surface area contributed by atoms with E-state index in [1.165, 1.54) is 4.90 Å². The Balaban J connectivity index is 1.42. The van der Waals surface area contributed by atoms with Gasteiger partial charge in [0.1, 0.15) is 6.04 Å². The van der Waals surface area contributed by atoms with Gasteiger partial charge in [0.25, 0.3) is 12.3 Å². The lowest BCUT2D eigenvalue weighted by Gasteiger charge is -2.34. The van der Waals surface area contributed by atoms with Crippen molar-refractivity contribution in [2.45, 2.75) is 44.4 Å². The lowest BCUT2D eigenvalue weighted by molar-refractivity contribution is -0.136. The number of hydrogen-bond acceptors (Lipinski definition) is 6. The molecule has 1 aromatic rings. The summed E-state index contributed by atoms with van der Waals surface area (Å²) in [7, 11) is 0. The Kier molecular flexibility index (Phi) is 6.59. The van der Waals surface area contributed by atoms with E-state index >= 15 is 0 Å². The lowest BCUT2D eigenvalue weighted by atomic mass is 10.0. The highest BCUT2D eigenvalue weighted by Crippen LogP contribution is 2.29. The number of amides is 3. The lowest BCUT2D eigenvalue weighted by Crippen LogP contribution is -2.54. The average Bonchev–Trinajstić information content (AvgIpc) is 3.08. The van der Waals surface area contributed by atoms with Crippen LogP contribution in [0, 0.1) is 0 Å². The minimum absolute atomic E-state index is 0.117. The largest absolute Gasteiger partial charge is 0.322 e. The van der Waals surface area contributed by atoms with Crippen LogP contribution >= 0.6 is 0 Å². The van der Waals surface area contributed by atoms with Crippen LogP contribution in [0.3, 0.4) is 0 Å². The molecule has 3 amide bonds. The van der Waals surface area contributed by atoms with Gasteiger partial charge in [-0.3, -0.25) is 24.6 Å². The minimum atomic E-state index is -2.46. The van der Waals surface area contributed by atoms with Gasteiger partial charge in [-0.25, -0.2) is 8.78 Å². The predicted octanol–water partition coefficient (Wildman–Crippen LogP) is 0.0761. The third kappa shape index (κ3) is 4.60. The van der Waals surface area contributed by atoms with Crippen molar-refractivity contribution in [2.75, 3.05) is 32.7 Å². The summed E-state index contributed by atoms with van der Waals surface area (Å²) in [4.78, 5) is 40.0. The number of rotatable bonds is 7. The zero-order valence-corrected chi connectivity index (χ0v) is 17.2. The normalized spacial score (nSPS) is 23.3. The molecule has 4 rings (SSSR count). The van der Waals surface area contributed by atoms with Gasteiger partial charge in [-0.2, -0.15) is 0 Å². The topological polar surface area (TPSA) is 93.8 Å². The van der Waals surface area contributed by atoms with E-state index in [1.54, 1.807) is 11.0 Å². The number of nitrogens with zero attached hydrogens (tertiary/aromatic N) is 2. The maximum atomic E-state index is 13.6. The Morgan fingerprint density at radius 1 is 1.16 bits per heavy atom. The molecule has 0 aliphatic carbocycles. The smallest absolute Gasteiger partial charge is 0.255 e. The van der Waals surface area contributed by atoms with Crippen molar-refractivity contribution in [2.24, 2.45) is 0 Å². The maximum absolute atomic E-state index is 13.6. The fraction of sp³-hybridized carbons (Fsp3) is 0.571. The zero-order valence-electron chi connectivity index (χ0n) is 17.2. The highest BCUT2D eigenvalue weighted by molar-refractivity contribution is 6.05. The molecule has 168 valence electrons. The fourth-order valence-corrected chi connectivity index (χ4v) is 4.58. The number of fused-ring (bicyclic) bond motifs is 1. The fourth-order valence-electron chi connectivity index (χ4n) is 4.58. The third-order valence-electron chi connectivity index (χ3n) is 6.22. The second kappa shape index (κ2) is 9.37. The van der Waals surface area contributed by atoms with Gasteiger partial charge in [-0.1, -0.05) is 18.2 Å². The number of nitrogens with one attached hydrogen (secondary N) is 3. The first-order valence-electron chi connectivity index (χ1n) is 10.6. The SMILES string of the molecule is O=C1CCC(N2Cc3cccc(CNCC(C(F)F)N4CCNCC4)c3C2=O)C(=O)N1. The molecule has 3 aliphatic rings. The molecule has 8 nitrogen and oxygen atoms in total. The van der Waals surface area contributed by atoms with Gasteiger partial charge < -0.3 is 15.5 Å². The summed E-state index contributed by atoms with van der Waals surface area (Å²) in [5.41, 5.74) is 2.06. The number of halogens is 2. The third-order valence-corrected chi connectivity index (χ3v) is 6.22. The molecule has 0 spiro atoms. The Bertz CT molecular complexity index is 859. The number of piperidine rings is 1. The number of carbonyl (C=O) groups excluding carboxylic acids is 3. The number of piperazine rings is 1. The van der Waals surface area contributed by atoms with E-state index < -0.39 is 24.4 Å². The molecule has 0 saturated carbocycles. The highest BCUT2D eigenvalue weighted by Gasteiger charge is 2.40. The molecule has 0 radical (unpaired) electrons. The Morgan fingerprint density at radius 3 is 2.65 bits per heavy atom. The van der Waals surface area contributed by atoms with E-state index in [1.807, 2.05) is 12.1 Å². The van der Waals surface area contributed by atoms with E-state index in [2.05, 4.69) is 16.0 Å². The number of benzene rings is 1. The van der Waals surface area contributed by atoms with E-state index in [0.717, 1.165) is 11.1 Å². The van der Waals surface area contributed by atoms with Gasteiger partial charge in [0, 0.05) is 57.8 Å². The van der Waals surface area contributed by atoms with Crippen LogP contribution in [0.2, 0.25) is 0 Å². The van der Waals surface area contributed by atoms with Crippen LogP contribution in [-0.2, 0) is 22.7 Å². The van der Waals surface area contributed by atoms with Crippen LogP contribution in [0.5, 0.6) is 0 Å². The molecular formula is C21H27F2N5O3. The summed E-state index contributed by atoms with van der Waals surface area (Å²) < 4.78 is 27.2. The van der Waals surface area contributed by atoms with E-state index in [9.17, 15) is 23.2 Å². The van der Waals surface area contributed by atoms with Gasteiger partial charge in [0.15, 0.2) is 0 Å². The highest BCUT2D eigenvalue weighted by atomic mass is 19.3. The Morgan fingerprint density at radius 2 is 1.94 bits per heavy atom. The van der Waals surface area contributed by atoms with Gasteiger partial charge >= 0.3 is 0 Å². The quantitative estimate of drug-likeness (QED) is 0.525. The van der Waals surface area contributed by atoms with E-state index in [0.29, 0.717) is 44.7 Å². The summed E-state index contributed by atoms with van der Waals surface area (Å²) in [6.07, 6.45) is -1.96. The van der Waals surface area contributed by atoms with Crippen molar-refractivity contribution in [3.8, 4) is 0 Å². The first-order chi connectivity index (χ1) is 15.0. The summed E-state index contributed by atoms with van der Waals surface area (Å²) in [5, 5.41) is 8.56. The molecule has 0 bridgehead atoms. The second-order valence-corrected chi connectivity index (χ2v) is 8.17. The minimum Gasteiger partial charge on any atom is -0.322 e. The summed E-state index contributed by atoms with van der Waals surface area (Å²) in [6.45, 7) is 3.25. The van der Waals surface area contributed by atoms with E-state index in [4.69, 9.17) is 0 Å². The Hall–Kier alpha value is -2.43. The van der Waals surface area contributed by atoms with Crippen LogP contribution in [0.1, 0.15) is 34.3 Å². The summed E-state index contributed by atoms with van der Waals surface area (Å²) >= 11 is 0. The molecule has 0 aromatic heterocycles. The second-order valence-electron chi connectivity index (χ2n) is 8.17. The molecule has 3 aliphatic heterocycles. The van der Waals surface area contributed by atoms with Crippen molar-refractivity contribution in [1.82, 2.24) is 25.8 Å². The monoisotopic (exact) mass is 435 g/mol. The van der Waals surface area contributed by atoms with Crippen molar-refractivity contribution in [3.05, 3.63) is 34.9 Å². The van der Waals surface area contributed by atoms with Gasteiger partial charge in [-0.15, -0.1) is 0 Å². The molecule has 3 heterocycles. The van der Waals surface area contributed by atoms with Crippen LogP contribution in [-0.4, -0.2) is 78.8 Å². The molecule has 3 N–H and O–H groups in total. The van der Waals surface area contributed by atoms with Crippen LogP contribution in [0.4, 0.5) is 8.78 Å². The van der Waals surface area contributed by atoms with Crippen molar-refractivity contribution in [3.63, 3.8) is 0 Å². The number of hydrogen-bond donors (Lipinski definition) is 3. The molecule has 2 unspecified atom stereocenters. The Labute approximate surface area is 179 Å². The van der Waals surface area contributed by atoms with Gasteiger partial charge in [0.05, 0.1) is 6.04 Å². The van der Waals surface area contributed by atoms with Crippen LogP contribution in [0.25, 0.3) is 0 Å². The molecular weight excluding hydrogens is 408 g/mol. The van der Waals surface area contributed by atoms with Crippen LogP contribution < -0.4 is 16.0 Å².